The molecule has 108 valence electrons. The highest BCUT2D eigenvalue weighted by Crippen LogP contribution is 2.24. The van der Waals surface area contributed by atoms with E-state index in [4.69, 9.17) is 15.9 Å². The Labute approximate surface area is 121 Å². The third-order valence-electron chi connectivity index (χ3n) is 3.17. The molecule has 1 unspecified atom stereocenters. The van der Waals surface area contributed by atoms with E-state index in [-0.39, 0.29) is 12.0 Å². The molecule has 0 aliphatic carbocycles. The summed E-state index contributed by atoms with van der Waals surface area (Å²) in [4.78, 5) is 21.5. The van der Waals surface area contributed by atoms with Crippen LogP contribution in [0.5, 0.6) is 0 Å². The van der Waals surface area contributed by atoms with E-state index in [1.165, 1.54) is 12.1 Å². The van der Waals surface area contributed by atoms with Crippen molar-refractivity contribution in [2.45, 2.75) is 12.5 Å². The van der Waals surface area contributed by atoms with Gasteiger partial charge in [-0.15, -0.1) is 0 Å². The normalized spacial score (nSPS) is 11.9. The number of carbonyl (C=O) groups is 2. The molecule has 0 amide bonds. The fourth-order valence-electron chi connectivity index (χ4n) is 2.06. The summed E-state index contributed by atoms with van der Waals surface area (Å²) in [5, 5.41) is 17.7. The molecule has 0 spiro atoms. The van der Waals surface area contributed by atoms with Gasteiger partial charge in [0.15, 0.2) is 0 Å². The van der Waals surface area contributed by atoms with E-state index in [0.717, 1.165) is 16.7 Å². The van der Waals surface area contributed by atoms with Gasteiger partial charge in [0.05, 0.1) is 12.0 Å². The number of aliphatic carboxylic acids is 1. The van der Waals surface area contributed by atoms with Crippen LogP contribution >= 0.6 is 0 Å². The zero-order valence-electron chi connectivity index (χ0n) is 11.2. The summed E-state index contributed by atoms with van der Waals surface area (Å²) in [6.45, 7) is 0. The van der Waals surface area contributed by atoms with Crippen molar-refractivity contribution in [1.82, 2.24) is 0 Å². The van der Waals surface area contributed by atoms with E-state index in [1.54, 1.807) is 24.3 Å². The molecular formula is C16H15NO4. The number of carboxylic acids is 2. The molecule has 2 rings (SSSR count). The van der Waals surface area contributed by atoms with Crippen LogP contribution in [0.4, 0.5) is 0 Å². The third kappa shape index (κ3) is 3.67. The second kappa shape index (κ2) is 6.19. The van der Waals surface area contributed by atoms with Gasteiger partial charge in [-0.3, -0.25) is 4.79 Å². The average Bonchev–Trinajstić information content (AvgIpc) is 2.47. The van der Waals surface area contributed by atoms with E-state index in [1.807, 2.05) is 12.1 Å². The van der Waals surface area contributed by atoms with Crippen LogP contribution in [0.15, 0.2) is 48.5 Å². The first-order valence-corrected chi connectivity index (χ1v) is 6.38. The minimum atomic E-state index is -0.973. The molecule has 0 radical (unpaired) electrons. The van der Waals surface area contributed by atoms with E-state index in [0.29, 0.717) is 0 Å². The number of hydrogen-bond acceptors (Lipinski definition) is 3. The highest BCUT2D eigenvalue weighted by Gasteiger charge is 2.11. The summed E-state index contributed by atoms with van der Waals surface area (Å²) in [6.07, 6.45) is -0.137. The van der Waals surface area contributed by atoms with Crippen LogP contribution in [0.2, 0.25) is 0 Å². The van der Waals surface area contributed by atoms with Crippen molar-refractivity contribution in [1.29, 1.82) is 0 Å². The maximum Gasteiger partial charge on any atom is 0.335 e. The Hall–Kier alpha value is -2.66. The lowest BCUT2D eigenvalue weighted by atomic mass is 9.98. The molecule has 1 atom stereocenters. The average molecular weight is 285 g/mol. The van der Waals surface area contributed by atoms with Gasteiger partial charge in [0.25, 0.3) is 0 Å². The van der Waals surface area contributed by atoms with Gasteiger partial charge in [-0.05, 0) is 34.9 Å². The Bertz CT molecular complexity index is 664. The molecule has 0 heterocycles. The lowest BCUT2D eigenvalue weighted by Crippen LogP contribution is -2.14. The molecular weight excluding hydrogens is 270 g/mol. The summed E-state index contributed by atoms with van der Waals surface area (Å²) in [6, 6.07) is 13.2. The summed E-state index contributed by atoms with van der Waals surface area (Å²) in [5.74, 6) is -1.92. The lowest BCUT2D eigenvalue weighted by molar-refractivity contribution is -0.137. The summed E-state index contributed by atoms with van der Waals surface area (Å²) >= 11 is 0. The zero-order valence-corrected chi connectivity index (χ0v) is 11.2. The number of hydrogen-bond donors (Lipinski definition) is 3. The fourth-order valence-corrected chi connectivity index (χ4v) is 2.06. The van der Waals surface area contributed by atoms with Crippen molar-refractivity contribution >= 4 is 11.9 Å². The van der Waals surface area contributed by atoms with Crippen LogP contribution in [0.1, 0.15) is 28.4 Å². The molecule has 0 saturated carbocycles. The molecule has 0 aliphatic rings. The molecule has 2 aromatic rings. The molecule has 0 aromatic heterocycles. The van der Waals surface area contributed by atoms with Crippen molar-refractivity contribution < 1.29 is 19.8 Å². The molecule has 5 heteroatoms. The molecule has 21 heavy (non-hydrogen) atoms. The van der Waals surface area contributed by atoms with Gasteiger partial charge in [-0.1, -0.05) is 30.3 Å². The van der Waals surface area contributed by atoms with Crippen LogP contribution < -0.4 is 5.73 Å². The van der Waals surface area contributed by atoms with Crippen LogP contribution in [0.25, 0.3) is 11.1 Å². The van der Waals surface area contributed by atoms with Gasteiger partial charge in [-0.25, -0.2) is 4.79 Å². The van der Waals surface area contributed by atoms with Crippen molar-refractivity contribution in [3.05, 3.63) is 59.7 Å². The zero-order chi connectivity index (χ0) is 15.4. The second-order valence-electron chi connectivity index (χ2n) is 4.71. The second-order valence-corrected chi connectivity index (χ2v) is 4.71. The van der Waals surface area contributed by atoms with Gasteiger partial charge in [-0.2, -0.15) is 0 Å². The van der Waals surface area contributed by atoms with Gasteiger partial charge >= 0.3 is 11.9 Å². The Balaban J connectivity index is 2.28. The summed E-state index contributed by atoms with van der Waals surface area (Å²) in [7, 11) is 0. The lowest BCUT2D eigenvalue weighted by Gasteiger charge is -2.11. The standard InChI is InChI=1S/C16H15NO4/c17-14(9-15(18)19)13-3-1-2-12(8-13)10-4-6-11(7-5-10)16(20)21/h1-8,14H,9,17H2,(H,18,19)(H,20,21). The number of aromatic carboxylic acids is 1. The number of nitrogens with two attached hydrogens (primary N) is 1. The Kier molecular flexibility index (Phi) is 4.35. The Morgan fingerprint density at radius 1 is 1.00 bits per heavy atom. The molecule has 2 aromatic carbocycles. The van der Waals surface area contributed by atoms with Gasteiger partial charge in [0.1, 0.15) is 0 Å². The van der Waals surface area contributed by atoms with Crippen LogP contribution in [0, 0.1) is 0 Å². The first kappa shape index (κ1) is 14.7. The van der Waals surface area contributed by atoms with Crippen LogP contribution in [0.3, 0.4) is 0 Å². The fraction of sp³-hybridized carbons (Fsp3) is 0.125. The van der Waals surface area contributed by atoms with Gasteiger partial charge in [0, 0.05) is 6.04 Å². The number of rotatable bonds is 5. The minimum absolute atomic E-state index is 0.137. The predicted molar refractivity (Wildman–Crippen MR) is 78.0 cm³/mol. The summed E-state index contributed by atoms with van der Waals surface area (Å²) < 4.78 is 0. The number of benzene rings is 2. The van der Waals surface area contributed by atoms with E-state index < -0.39 is 18.0 Å². The molecule has 0 aliphatic heterocycles. The highest BCUT2D eigenvalue weighted by atomic mass is 16.4. The quantitative estimate of drug-likeness (QED) is 0.783. The Morgan fingerprint density at radius 3 is 2.24 bits per heavy atom. The summed E-state index contributed by atoms with van der Waals surface area (Å²) in [5.41, 5.74) is 8.52. The number of carboxylic acid groups (broad SMARTS) is 2. The van der Waals surface area contributed by atoms with E-state index >= 15 is 0 Å². The minimum Gasteiger partial charge on any atom is -0.481 e. The van der Waals surface area contributed by atoms with Crippen LogP contribution in [-0.2, 0) is 4.79 Å². The molecule has 4 N–H and O–H groups in total. The molecule has 0 bridgehead atoms. The van der Waals surface area contributed by atoms with Crippen molar-refractivity contribution in [2.24, 2.45) is 5.73 Å². The van der Waals surface area contributed by atoms with Crippen LogP contribution in [-0.4, -0.2) is 22.2 Å². The smallest absolute Gasteiger partial charge is 0.335 e. The van der Waals surface area contributed by atoms with E-state index in [2.05, 4.69) is 0 Å². The van der Waals surface area contributed by atoms with Crippen molar-refractivity contribution in [3.63, 3.8) is 0 Å². The topological polar surface area (TPSA) is 101 Å². The first-order chi connectivity index (χ1) is 9.97. The molecule has 0 saturated heterocycles. The van der Waals surface area contributed by atoms with Gasteiger partial charge in [0.2, 0.25) is 0 Å². The maximum absolute atomic E-state index is 10.8. The Morgan fingerprint density at radius 2 is 1.67 bits per heavy atom. The maximum atomic E-state index is 10.8. The van der Waals surface area contributed by atoms with E-state index in [9.17, 15) is 9.59 Å². The molecule has 5 nitrogen and oxygen atoms in total. The first-order valence-electron chi connectivity index (χ1n) is 6.38. The van der Waals surface area contributed by atoms with Crippen molar-refractivity contribution in [2.75, 3.05) is 0 Å². The predicted octanol–water partition coefficient (Wildman–Crippen LogP) is 2.53. The third-order valence-corrected chi connectivity index (χ3v) is 3.17. The highest BCUT2D eigenvalue weighted by molar-refractivity contribution is 5.88. The molecule has 0 fully saturated rings. The van der Waals surface area contributed by atoms with Gasteiger partial charge < -0.3 is 15.9 Å². The van der Waals surface area contributed by atoms with Crippen molar-refractivity contribution in [3.8, 4) is 11.1 Å². The largest absolute Gasteiger partial charge is 0.481 e. The monoisotopic (exact) mass is 285 g/mol. The SMILES string of the molecule is NC(CC(=O)O)c1cccc(-c2ccc(C(=O)O)cc2)c1.